The zero-order chi connectivity index (χ0) is 24.3. The summed E-state index contributed by atoms with van der Waals surface area (Å²) in [6, 6.07) is 14.1. The number of rotatable bonds is 5. The Kier molecular flexibility index (Phi) is 6.58. The van der Waals surface area contributed by atoms with Crippen molar-refractivity contribution in [3.8, 4) is 22.6 Å². The van der Waals surface area contributed by atoms with Gasteiger partial charge in [-0.3, -0.25) is 4.79 Å². The van der Waals surface area contributed by atoms with Gasteiger partial charge in [-0.1, -0.05) is 12.1 Å². The number of halogens is 3. The molecule has 2 heterocycles. The second-order valence-electron chi connectivity index (χ2n) is 7.94. The van der Waals surface area contributed by atoms with Crippen LogP contribution < -0.4 is 15.2 Å². The number of methoxy groups -OCH3 is 1. The van der Waals surface area contributed by atoms with Crippen LogP contribution in [-0.2, 0) is 0 Å². The van der Waals surface area contributed by atoms with Gasteiger partial charge in [0.25, 0.3) is 5.91 Å². The summed E-state index contributed by atoms with van der Waals surface area (Å²) in [4.78, 5) is 14.9. The average Bonchev–Trinajstić information content (AvgIpc) is 2.83. The Balaban J connectivity index is 1.45. The van der Waals surface area contributed by atoms with Crippen LogP contribution in [0, 0.1) is 0 Å². The van der Waals surface area contributed by atoms with E-state index in [1.54, 1.807) is 29.2 Å². The van der Waals surface area contributed by atoms with Crippen LogP contribution in [0.25, 0.3) is 11.1 Å². The number of benzene rings is 2. The van der Waals surface area contributed by atoms with Crippen molar-refractivity contribution in [3.63, 3.8) is 0 Å². The van der Waals surface area contributed by atoms with Gasteiger partial charge in [0.15, 0.2) is 0 Å². The fraction of sp³-hybridized carbons (Fsp3) is 0.292. The molecule has 1 aromatic heterocycles. The second kappa shape index (κ2) is 9.58. The lowest BCUT2D eigenvalue weighted by molar-refractivity contribution is -0.274. The number of hydrogen-bond acceptors (Lipinski definition) is 6. The molecule has 0 unspecified atom stereocenters. The second-order valence-corrected chi connectivity index (χ2v) is 7.94. The number of ether oxygens (including phenoxy) is 2. The van der Waals surface area contributed by atoms with Crippen LogP contribution in [0.4, 0.5) is 19.0 Å². The number of anilines is 1. The van der Waals surface area contributed by atoms with E-state index in [1.807, 2.05) is 6.07 Å². The zero-order valence-electron chi connectivity index (χ0n) is 18.4. The molecule has 0 atom stereocenters. The van der Waals surface area contributed by atoms with E-state index >= 15 is 0 Å². The van der Waals surface area contributed by atoms with E-state index in [1.165, 1.54) is 31.4 Å². The summed E-state index contributed by atoms with van der Waals surface area (Å²) in [7, 11) is 1.48. The molecule has 3 aromatic rings. The van der Waals surface area contributed by atoms with Crippen LogP contribution in [0.15, 0.2) is 54.6 Å². The minimum Gasteiger partial charge on any atom is -0.496 e. The molecule has 2 N–H and O–H groups in total. The van der Waals surface area contributed by atoms with Crippen molar-refractivity contribution in [1.29, 1.82) is 0 Å². The zero-order valence-corrected chi connectivity index (χ0v) is 18.4. The lowest BCUT2D eigenvalue weighted by atomic mass is 9.93. The van der Waals surface area contributed by atoms with E-state index in [4.69, 9.17) is 10.5 Å². The first-order valence-electron chi connectivity index (χ1n) is 10.7. The van der Waals surface area contributed by atoms with Gasteiger partial charge < -0.3 is 20.1 Å². The molecule has 1 saturated heterocycles. The fourth-order valence-electron chi connectivity index (χ4n) is 4.03. The van der Waals surface area contributed by atoms with Crippen molar-refractivity contribution in [2.24, 2.45) is 0 Å². The summed E-state index contributed by atoms with van der Waals surface area (Å²) in [6.07, 6.45) is -3.21. The molecule has 1 fully saturated rings. The van der Waals surface area contributed by atoms with Gasteiger partial charge in [0.1, 0.15) is 17.3 Å². The smallest absolute Gasteiger partial charge is 0.496 e. The third kappa shape index (κ3) is 5.38. The van der Waals surface area contributed by atoms with Crippen LogP contribution in [0.2, 0.25) is 0 Å². The number of nitrogens with zero attached hydrogens (tertiary/aromatic N) is 3. The van der Waals surface area contributed by atoms with Crippen LogP contribution >= 0.6 is 0 Å². The maximum Gasteiger partial charge on any atom is 0.573 e. The molecular weight excluding hydrogens is 449 g/mol. The SMILES string of the molecule is COc1cc(C(=O)N2CCC(c3ccc(N)nn3)CC2)ccc1-c1ccc(OC(F)(F)F)cc1. The quantitative estimate of drug-likeness (QED) is 0.581. The maximum absolute atomic E-state index is 13.1. The summed E-state index contributed by atoms with van der Waals surface area (Å²) in [6.45, 7) is 1.17. The highest BCUT2D eigenvalue weighted by Crippen LogP contribution is 2.34. The van der Waals surface area contributed by atoms with Crippen LogP contribution in [0.3, 0.4) is 0 Å². The highest BCUT2D eigenvalue weighted by Gasteiger charge is 2.31. The number of nitrogen functional groups attached to an aromatic ring is 1. The summed E-state index contributed by atoms with van der Waals surface area (Å²) in [5.41, 5.74) is 8.23. The molecule has 7 nitrogen and oxygen atoms in total. The van der Waals surface area contributed by atoms with Gasteiger partial charge in [0.05, 0.1) is 12.8 Å². The first-order valence-corrected chi connectivity index (χ1v) is 10.7. The summed E-state index contributed by atoms with van der Waals surface area (Å²) in [5, 5.41) is 8.06. The molecule has 34 heavy (non-hydrogen) atoms. The maximum atomic E-state index is 13.1. The molecule has 4 rings (SSSR count). The average molecular weight is 472 g/mol. The van der Waals surface area contributed by atoms with E-state index in [0.29, 0.717) is 41.3 Å². The first-order chi connectivity index (χ1) is 16.2. The van der Waals surface area contributed by atoms with Gasteiger partial charge in [-0.2, -0.15) is 5.10 Å². The van der Waals surface area contributed by atoms with Crippen molar-refractivity contribution in [1.82, 2.24) is 15.1 Å². The number of likely N-dealkylation sites (tertiary alicyclic amines) is 1. The van der Waals surface area contributed by atoms with Gasteiger partial charge in [0, 0.05) is 30.1 Å². The van der Waals surface area contributed by atoms with Gasteiger partial charge >= 0.3 is 6.36 Å². The Morgan fingerprint density at radius 2 is 1.74 bits per heavy atom. The molecule has 1 aliphatic rings. The first kappa shape index (κ1) is 23.3. The standard InChI is InChI=1S/C24H23F3N4O3/c1-33-21-14-17(4-7-19(21)15-2-5-18(6-3-15)34-24(25,26)27)23(32)31-12-10-16(11-13-31)20-8-9-22(28)30-29-20/h2-9,14,16H,10-13H2,1H3,(H2,28,30). The molecular formula is C24H23F3N4O3. The molecule has 0 aliphatic carbocycles. The Bertz CT molecular complexity index is 1140. The lowest BCUT2D eigenvalue weighted by Crippen LogP contribution is -2.38. The van der Waals surface area contributed by atoms with Crippen LogP contribution in [0.1, 0.15) is 34.8 Å². The Morgan fingerprint density at radius 1 is 1.03 bits per heavy atom. The van der Waals surface area contributed by atoms with Crippen molar-refractivity contribution in [3.05, 3.63) is 65.9 Å². The Hall–Kier alpha value is -3.82. The number of nitrogens with two attached hydrogens (primary N) is 1. The predicted octanol–water partition coefficient (Wildman–Crippen LogP) is 4.65. The highest BCUT2D eigenvalue weighted by molar-refractivity contribution is 5.95. The Labute approximate surface area is 194 Å². The van der Waals surface area contributed by atoms with Gasteiger partial charge in [-0.25, -0.2) is 0 Å². The van der Waals surface area contributed by atoms with Crippen LogP contribution in [-0.4, -0.2) is 47.6 Å². The lowest BCUT2D eigenvalue weighted by Gasteiger charge is -2.31. The van der Waals surface area contributed by atoms with Gasteiger partial charge in [-0.15, -0.1) is 18.3 Å². The van der Waals surface area contributed by atoms with Crippen molar-refractivity contribution < 1.29 is 27.4 Å². The van der Waals surface area contributed by atoms with E-state index in [9.17, 15) is 18.0 Å². The number of alkyl halides is 3. The number of amides is 1. The molecule has 178 valence electrons. The summed E-state index contributed by atoms with van der Waals surface area (Å²) < 4.78 is 46.6. The minimum atomic E-state index is -4.75. The van der Waals surface area contributed by atoms with E-state index in [0.717, 1.165) is 18.5 Å². The summed E-state index contributed by atoms with van der Waals surface area (Å²) >= 11 is 0. The molecule has 10 heteroatoms. The minimum absolute atomic E-state index is 0.111. The number of aromatic nitrogens is 2. The normalized spacial score (nSPS) is 14.6. The molecule has 1 amide bonds. The monoisotopic (exact) mass is 472 g/mol. The predicted molar refractivity (Wildman–Crippen MR) is 119 cm³/mol. The number of hydrogen-bond donors (Lipinski definition) is 1. The van der Waals surface area contributed by atoms with Gasteiger partial charge in [-0.05, 0) is 60.9 Å². The van der Waals surface area contributed by atoms with E-state index in [2.05, 4.69) is 14.9 Å². The van der Waals surface area contributed by atoms with E-state index in [-0.39, 0.29) is 17.6 Å². The number of carbonyl (C=O) groups excluding carboxylic acids is 1. The molecule has 0 saturated carbocycles. The third-order valence-corrected chi connectivity index (χ3v) is 5.75. The fourth-order valence-corrected chi connectivity index (χ4v) is 4.03. The third-order valence-electron chi connectivity index (χ3n) is 5.75. The number of carbonyl (C=O) groups is 1. The molecule has 0 radical (unpaired) electrons. The largest absolute Gasteiger partial charge is 0.573 e. The topological polar surface area (TPSA) is 90.6 Å². The number of piperidine rings is 1. The van der Waals surface area contributed by atoms with Crippen molar-refractivity contribution >= 4 is 11.7 Å². The van der Waals surface area contributed by atoms with Crippen molar-refractivity contribution in [2.45, 2.75) is 25.1 Å². The molecule has 2 aromatic carbocycles. The highest BCUT2D eigenvalue weighted by atomic mass is 19.4. The van der Waals surface area contributed by atoms with Crippen molar-refractivity contribution in [2.75, 3.05) is 25.9 Å². The Morgan fingerprint density at radius 3 is 2.32 bits per heavy atom. The van der Waals surface area contributed by atoms with Gasteiger partial charge in [0.2, 0.25) is 0 Å². The van der Waals surface area contributed by atoms with E-state index < -0.39 is 6.36 Å². The van der Waals surface area contributed by atoms with Crippen LogP contribution in [0.5, 0.6) is 11.5 Å². The molecule has 0 bridgehead atoms. The molecule has 1 aliphatic heterocycles. The summed E-state index contributed by atoms with van der Waals surface area (Å²) in [5.74, 6) is 0.621. The molecule has 0 spiro atoms.